The van der Waals surface area contributed by atoms with E-state index in [9.17, 15) is 28.0 Å². The SMILES string of the molecule is COC[C@H]1C[C@@H](c2nc3c(ccc4cc(-c5ccc(-c6cnc([C@@H]7CCCN7C(=O)[C@H](NC(=O)OC)C(C)C)[nH]6)cc5OC(F)F)ccc43)[nH]2)N(C(=O)[C@H](NC(=O)OC)c2ccccc2)C1. The fraction of sp³-hybridized carbons (Fsp3) is 0.375. The van der Waals surface area contributed by atoms with Gasteiger partial charge < -0.3 is 49.3 Å². The summed E-state index contributed by atoms with van der Waals surface area (Å²) in [6, 6.07) is 20.8. The monoisotopic (exact) mass is 906 g/mol. The molecule has 0 spiro atoms. The zero-order valence-electron chi connectivity index (χ0n) is 37.2. The Labute approximate surface area is 379 Å². The zero-order valence-corrected chi connectivity index (χ0v) is 37.2. The Morgan fingerprint density at radius 2 is 1.59 bits per heavy atom. The number of rotatable bonds is 14. The van der Waals surface area contributed by atoms with Gasteiger partial charge in [-0.15, -0.1) is 0 Å². The lowest BCUT2D eigenvalue weighted by Gasteiger charge is -2.30. The molecule has 0 aliphatic carbocycles. The van der Waals surface area contributed by atoms with Gasteiger partial charge in [-0.25, -0.2) is 19.6 Å². The molecule has 2 aromatic heterocycles. The predicted molar refractivity (Wildman–Crippen MR) is 240 cm³/mol. The molecule has 16 nitrogen and oxygen atoms in total. The molecule has 2 fully saturated rings. The van der Waals surface area contributed by atoms with Crippen LogP contribution < -0.4 is 15.4 Å². The van der Waals surface area contributed by atoms with Crippen molar-refractivity contribution in [3.8, 4) is 28.1 Å². The highest BCUT2D eigenvalue weighted by molar-refractivity contribution is 6.05. The number of imidazole rings is 2. The van der Waals surface area contributed by atoms with Crippen LogP contribution in [0, 0.1) is 11.8 Å². The average Bonchev–Trinajstić information content (AvgIpc) is 4.16. The maximum Gasteiger partial charge on any atom is 0.407 e. The fourth-order valence-electron chi connectivity index (χ4n) is 9.17. The number of aromatic amines is 2. The topological polar surface area (TPSA) is 193 Å². The summed E-state index contributed by atoms with van der Waals surface area (Å²) >= 11 is 0. The molecule has 5 atom stereocenters. The molecular formula is C48H52F2N8O8. The van der Waals surface area contributed by atoms with Crippen LogP contribution in [0.1, 0.15) is 68.4 Å². The van der Waals surface area contributed by atoms with E-state index in [0.717, 1.165) is 22.7 Å². The maximum absolute atomic E-state index is 14.4. The van der Waals surface area contributed by atoms with Crippen molar-refractivity contribution >= 4 is 45.8 Å². The zero-order chi connectivity index (χ0) is 46.6. The summed E-state index contributed by atoms with van der Waals surface area (Å²) < 4.78 is 48.3. The number of benzene rings is 4. The third kappa shape index (κ3) is 9.36. The Hall–Kier alpha value is -7.08. The number of amides is 4. The third-order valence-corrected chi connectivity index (χ3v) is 12.4. The molecule has 2 saturated heterocycles. The molecule has 0 unspecified atom stereocenters. The number of carbonyl (C=O) groups excluding carboxylic acids is 4. The quantitative estimate of drug-likeness (QED) is 0.0831. The van der Waals surface area contributed by atoms with E-state index in [2.05, 4.69) is 25.6 Å². The number of nitrogens with zero attached hydrogens (tertiary/aromatic N) is 4. The van der Waals surface area contributed by atoms with Gasteiger partial charge in [-0.05, 0) is 66.0 Å². The van der Waals surface area contributed by atoms with Crippen LogP contribution in [0.25, 0.3) is 44.2 Å². The molecule has 6 aromatic rings. The van der Waals surface area contributed by atoms with Gasteiger partial charge in [-0.1, -0.05) is 68.4 Å². The van der Waals surface area contributed by atoms with Crippen LogP contribution in [0.4, 0.5) is 18.4 Å². The number of H-pyrrole nitrogens is 2. The number of methoxy groups -OCH3 is 3. The van der Waals surface area contributed by atoms with Crippen LogP contribution in [0.3, 0.4) is 0 Å². The van der Waals surface area contributed by atoms with E-state index >= 15 is 0 Å². The van der Waals surface area contributed by atoms with Gasteiger partial charge in [0.1, 0.15) is 29.5 Å². The standard InChI is InChI=1S/C48H52F2N8O8/c1-26(2)39(55-47(61)64-4)44(59)57-19-9-12-36(57)42-51-23-35(53-42)31-14-16-32(38(22-31)66-46(49)50)29-13-17-33-30(21-29)15-18-34-41(33)54-43(52-34)37-20-27(25-63-3)24-58(37)45(60)40(56-48(62)65-5)28-10-7-6-8-11-28/h6-8,10-11,13-18,21-23,26-27,36-37,39-40,46H,9,12,19-20,24-25H2,1-5H3,(H,51,53)(H,52,54)(H,55,61)(H,56,62)/t27-,36-,37-,39+,40+/m0/s1. The van der Waals surface area contributed by atoms with Crippen molar-refractivity contribution in [3.63, 3.8) is 0 Å². The van der Waals surface area contributed by atoms with E-state index in [-0.39, 0.29) is 35.4 Å². The molecule has 0 saturated carbocycles. The first-order chi connectivity index (χ1) is 31.9. The van der Waals surface area contributed by atoms with Gasteiger partial charge in [-0.2, -0.15) is 8.78 Å². The maximum atomic E-state index is 14.4. The Bertz CT molecular complexity index is 2730. The molecule has 346 valence electrons. The van der Waals surface area contributed by atoms with Crippen molar-refractivity contribution in [3.05, 3.63) is 102 Å². The molecule has 4 heterocycles. The highest BCUT2D eigenvalue weighted by Crippen LogP contribution is 2.41. The predicted octanol–water partition coefficient (Wildman–Crippen LogP) is 8.05. The van der Waals surface area contributed by atoms with Crippen LogP contribution in [0.5, 0.6) is 5.75 Å². The van der Waals surface area contributed by atoms with Gasteiger partial charge in [0.2, 0.25) is 5.91 Å². The van der Waals surface area contributed by atoms with Crippen LogP contribution in [0.15, 0.2) is 85.1 Å². The molecule has 8 rings (SSSR count). The smallest absolute Gasteiger partial charge is 0.407 e. The Morgan fingerprint density at radius 1 is 0.833 bits per heavy atom. The number of carbonyl (C=O) groups is 4. The molecule has 2 aliphatic heterocycles. The van der Waals surface area contributed by atoms with Gasteiger partial charge in [0.15, 0.2) is 0 Å². The number of fused-ring (bicyclic) bond motifs is 3. The van der Waals surface area contributed by atoms with Crippen LogP contribution in [-0.4, -0.2) is 107 Å². The lowest BCUT2D eigenvalue weighted by atomic mass is 9.98. The first kappa shape index (κ1) is 45.5. The fourth-order valence-corrected chi connectivity index (χ4v) is 9.17. The first-order valence-electron chi connectivity index (χ1n) is 21.8. The van der Waals surface area contributed by atoms with E-state index in [1.54, 1.807) is 59.5 Å². The highest BCUT2D eigenvalue weighted by Gasteiger charge is 2.42. The van der Waals surface area contributed by atoms with Gasteiger partial charge in [0.25, 0.3) is 5.91 Å². The molecule has 18 heteroatoms. The van der Waals surface area contributed by atoms with Crippen molar-refractivity contribution in [1.29, 1.82) is 0 Å². The van der Waals surface area contributed by atoms with Crippen molar-refractivity contribution in [2.24, 2.45) is 11.8 Å². The van der Waals surface area contributed by atoms with Gasteiger partial charge in [-0.3, -0.25) is 9.59 Å². The van der Waals surface area contributed by atoms with Gasteiger partial charge >= 0.3 is 18.8 Å². The van der Waals surface area contributed by atoms with E-state index in [4.69, 9.17) is 23.9 Å². The normalized spacial score (nSPS) is 18.2. The summed E-state index contributed by atoms with van der Waals surface area (Å²) in [6.07, 6.45) is 2.12. The number of ether oxygens (including phenoxy) is 4. The van der Waals surface area contributed by atoms with E-state index in [1.165, 1.54) is 20.3 Å². The molecule has 4 amide bonds. The molecule has 2 aliphatic rings. The first-order valence-corrected chi connectivity index (χ1v) is 21.8. The van der Waals surface area contributed by atoms with Crippen LogP contribution in [0.2, 0.25) is 0 Å². The minimum Gasteiger partial charge on any atom is -0.453 e. The second-order valence-corrected chi connectivity index (χ2v) is 16.9. The summed E-state index contributed by atoms with van der Waals surface area (Å²) in [5.74, 6) is 0.317. The summed E-state index contributed by atoms with van der Waals surface area (Å²) in [7, 11) is 4.11. The number of alkyl carbamates (subject to hydrolysis) is 2. The lowest BCUT2D eigenvalue weighted by Crippen LogP contribution is -2.51. The van der Waals surface area contributed by atoms with Crippen molar-refractivity contribution in [1.82, 2.24) is 40.4 Å². The lowest BCUT2D eigenvalue weighted by molar-refractivity contribution is -0.136. The number of halogens is 2. The molecule has 0 radical (unpaired) electrons. The second kappa shape index (κ2) is 19.6. The number of aromatic nitrogens is 4. The molecule has 66 heavy (non-hydrogen) atoms. The summed E-state index contributed by atoms with van der Waals surface area (Å²) in [4.78, 5) is 72.4. The van der Waals surface area contributed by atoms with E-state index in [1.807, 2.05) is 50.2 Å². The molecule has 4 N–H and O–H groups in total. The van der Waals surface area contributed by atoms with Crippen molar-refractivity contribution in [2.45, 2.75) is 63.9 Å². The average molecular weight is 907 g/mol. The number of likely N-dealkylation sites (tertiary alicyclic amines) is 2. The van der Waals surface area contributed by atoms with Crippen LogP contribution >= 0.6 is 0 Å². The highest BCUT2D eigenvalue weighted by atomic mass is 19.3. The summed E-state index contributed by atoms with van der Waals surface area (Å²) in [5.41, 5.74) is 4.18. The third-order valence-electron chi connectivity index (χ3n) is 12.4. The Morgan fingerprint density at radius 3 is 2.32 bits per heavy atom. The summed E-state index contributed by atoms with van der Waals surface area (Å²) in [5, 5.41) is 6.95. The van der Waals surface area contributed by atoms with Gasteiger partial charge in [0.05, 0.1) is 55.8 Å². The van der Waals surface area contributed by atoms with Crippen LogP contribution in [-0.2, 0) is 23.8 Å². The summed E-state index contributed by atoms with van der Waals surface area (Å²) in [6.45, 7) is 1.87. The Balaban J connectivity index is 1.07. The van der Waals surface area contributed by atoms with E-state index in [0.29, 0.717) is 77.7 Å². The number of alkyl halides is 2. The number of hydrogen-bond acceptors (Lipinski definition) is 10. The molecular weight excluding hydrogens is 855 g/mol. The molecule has 0 bridgehead atoms. The van der Waals surface area contributed by atoms with E-state index < -0.39 is 36.9 Å². The minimum absolute atomic E-state index is 0.00607. The van der Waals surface area contributed by atoms with Crippen molar-refractivity contribution < 1.29 is 46.9 Å². The second-order valence-electron chi connectivity index (χ2n) is 16.9. The Kier molecular flexibility index (Phi) is 13.5. The van der Waals surface area contributed by atoms with Gasteiger partial charge in [0, 0.05) is 42.6 Å². The number of nitrogens with one attached hydrogen (secondary N) is 4. The number of hydrogen-bond donors (Lipinski definition) is 4. The minimum atomic E-state index is -3.10. The molecule has 4 aromatic carbocycles. The van der Waals surface area contributed by atoms with Crippen molar-refractivity contribution in [2.75, 3.05) is 41.0 Å². The largest absolute Gasteiger partial charge is 0.453 e.